The van der Waals surface area contributed by atoms with E-state index in [1.54, 1.807) is 0 Å². The summed E-state index contributed by atoms with van der Waals surface area (Å²) in [6.45, 7) is 1.19. The van der Waals surface area contributed by atoms with Crippen LogP contribution in [-0.2, 0) is 16.4 Å². The molecule has 1 aromatic rings. The average Bonchev–Trinajstić information content (AvgIpc) is 2.39. The van der Waals surface area contributed by atoms with Crippen LogP contribution in [0.25, 0.3) is 0 Å². The molecule has 6 heteroatoms. The van der Waals surface area contributed by atoms with Crippen molar-refractivity contribution < 1.29 is 8.42 Å². The van der Waals surface area contributed by atoms with Crippen LogP contribution < -0.4 is 5.73 Å². The minimum absolute atomic E-state index is 0.226. The van der Waals surface area contributed by atoms with Crippen molar-refractivity contribution in [1.82, 2.24) is 4.90 Å². The van der Waals surface area contributed by atoms with Gasteiger partial charge in [-0.05, 0) is 37.6 Å². The molecule has 0 radical (unpaired) electrons. The molecule has 2 N–H and O–H groups in total. The predicted molar refractivity (Wildman–Crippen MR) is 82.6 cm³/mol. The number of nitrogens with two attached hydrogens (primary N) is 1. The molecule has 0 amide bonds. The predicted octanol–water partition coefficient (Wildman–Crippen LogP) is 1.68. The monoisotopic (exact) mass is 316 g/mol. The SMILES string of the molecule is CN(Cc1cccc(Cl)c1)C1(CN)CCS(=O)(=O)CC1. The van der Waals surface area contributed by atoms with Crippen molar-refractivity contribution in [1.29, 1.82) is 0 Å². The van der Waals surface area contributed by atoms with Gasteiger partial charge in [0, 0.05) is 23.7 Å². The van der Waals surface area contributed by atoms with Crippen LogP contribution in [0, 0.1) is 0 Å². The molecule has 0 spiro atoms. The van der Waals surface area contributed by atoms with Crippen LogP contribution in [0.5, 0.6) is 0 Å². The molecule has 2 rings (SSSR count). The van der Waals surface area contributed by atoms with Crippen LogP contribution in [0.4, 0.5) is 0 Å². The largest absolute Gasteiger partial charge is 0.329 e. The third kappa shape index (κ3) is 3.52. The van der Waals surface area contributed by atoms with E-state index in [9.17, 15) is 8.42 Å². The number of nitrogens with zero attached hydrogens (tertiary/aromatic N) is 1. The van der Waals surface area contributed by atoms with Gasteiger partial charge in [-0.25, -0.2) is 8.42 Å². The maximum absolute atomic E-state index is 11.6. The minimum atomic E-state index is -2.88. The first-order chi connectivity index (χ1) is 9.37. The highest BCUT2D eigenvalue weighted by Gasteiger charge is 2.39. The summed E-state index contributed by atoms with van der Waals surface area (Å²) in [7, 11) is -0.875. The Hall–Kier alpha value is -0.620. The number of halogens is 1. The normalized spacial score (nSPS) is 21.0. The van der Waals surface area contributed by atoms with Gasteiger partial charge in [-0.15, -0.1) is 0 Å². The lowest BCUT2D eigenvalue weighted by Gasteiger charge is -2.43. The standard InChI is InChI=1S/C14H21ClN2O2S/c1-17(10-12-3-2-4-13(15)9-12)14(11-16)5-7-20(18,19)8-6-14/h2-4,9H,5-8,10-11,16H2,1H3. The van der Waals surface area contributed by atoms with Gasteiger partial charge in [0.2, 0.25) is 0 Å². The van der Waals surface area contributed by atoms with Gasteiger partial charge in [-0.1, -0.05) is 23.7 Å². The lowest BCUT2D eigenvalue weighted by atomic mass is 9.90. The van der Waals surface area contributed by atoms with E-state index in [1.807, 2.05) is 31.3 Å². The molecule has 0 bridgehead atoms. The number of hydrogen-bond acceptors (Lipinski definition) is 4. The van der Waals surface area contributed by atoms with Gasteiger partial charge in [0.1, 0.15) is 9.84 Å². The van der Waals surface area contributed by atoms with Crippen LogP contribution in [0.3, 0.4) is 0 Å². The summed E-state index contributed by atoms with van der Waals surface area (Å²) < 4.78 is 23.2. The molecular formula is C14H21ClN2O2S. The zero-order chi connectivity index (χ0) is 14.8. The van der Waals surface area contributed by atoms with E-state index >= 15 is 0 Å². The van der Waals surface area contributed by atoms with Crippen molar-refractivity contribution in [2.75, 3.05) is 25.1 Å². The van der Waals surface area contributed by atoms with Gasteiger partial charge >= 0.3 is 0 Å². The Morgan fingerprint density at radius 2 is 2.00 bits per heavy atom. The lowest BCUT2D eigenvalue weighted by molar-refractivity contribution is 0.105. The quantitative estimate of drug-likeness (QED) is 0.918. The fourth-order valence-corrected chi connectivity index (χ4v) is 4.54. The third-order valence-corrected chi connectivity index (χ3v) is 6.14. The number of hydrogen-bond donors (Lipinski definition) is 1. The zero-order valence-electron chi connectivity index (χ0n) is 11.7. The van der Waals surface area contributed by atoms with Gasteiger partial charge in [0.05, 0.1) is 11.5 Å². The van der Waals surface area contributed by atoms with Crippen molar-refractivity contribution in [2.45, 2.75) is 24.9 Å². The molecule has 1 aliphatic heterocycles. The van der Waals surface area contributed by atoms with Gasteiger partial charge in [-0.3, -0.25) is 4.90 Å². The topological polar surface area (TPSA) is 63.4 Å². The third-order valence-electron chi connectivity index (χ3n) is 4.26. The second kappa shape index (κ2) is 6.02. The highest BCUT2D eigenvalue weighted by Crippen LogP contribution is 2.29. The number of rotatable bonds is 4. The molecule has 0 aromatic heterocycles. The van der Waals surface area contributed by atoms with E-state index in [2.05, 4.69) is 4.90 Å². The highest BCUT2D eigenvalue weighted by atomic mass is 35.5. The molecule has 20 heavy (non-hydrogen) atoms. The minimum Gasteiger partial charge on any atom is -0.329 e. The number of benzene rings is 1. The molecular weight excluding hydrogens is 296 g/mol. The molecule has 0 atom stereocenters. The van der Waals surface area contributed by atoms with E-state index < -0.39 is 9.84 Å². The van der Waals surface area contributed by atoms with E-state index in [-0.39, 0.29) is 17.0 Å². The first kappa shape index (κ1) is 15.8. The summed E-state index contributed by atoms with van der Waals surface area (Å²) in [5, 5.41) is 0.712. The Morgan fingerprint density at radius 1 is 1.35 bits per heavy atom. The fraction of sp³-hybridized carbons (Fsp3) is 0.571. The second-order valence-electron chi connectivity index (χ2n) is 5.57. The van der Waals surface area contributed by atoms with Crippen molar-refractivity contribution in [3.8, 4) is 0 Å². The first-order valence-electron chi connectivity index (χ1n) is 6.73. The maximum atomic E-state index is 11.6. The zero-order valence-corrected chi connectivity index (χ0v) is 13.3. The molecule has 1 aliphatic rings. The molecule has 1 heterocycles. The van der Waals surface area contributed by atoms with Crippen molar-refractivity contribution in [3.63, 3.8) is 0 Å². The molecule has 0 aliphatic carbocycles. The summed E-state index contributed by atoms with van der Waals surface area (Å²) in [5.74, 6) is 0.453. The lowest BCUT2D eigenvalue weighted by Crippen LogP contribution is -2.55. The van der Waals surface area contributed by atoms with Gasteiger partial charge < -0.3 is 5.73 Å². The van der Waals surface area contributed by atoms with E-state index in [0.29, 0.717) is 24.4 Å². The van der Waals surface area contributed by atoms with Crippen LogP contribution in [0.2, 0.25) is 5.02 Å². The Labute approximate surface area is 125 Å². The van der Waals surface area contributed by atoms with Crippen molar-refractivity contribution >= 4 is 21.4 Å². The summed E-state index contributed by atoms with van der Waals surface area (Å²) in [6.07, 6.45) is 1.20. The molecule has 1 fully saturated rings. The van der Waals surface area contributed by atoms with Crippen LogP contribution in [-0.4, -0.2) is 44.0 Å². The maximum Gasteiger partial charge on any atom is 0.150 e. The van der Waals surface area contributed by atoms with Crippen LogP contribution in [0.15, 0.2) is 24.3 Å². The molecule has 0 saturated carbocycles. The summed E-state index contributed by atoms with van der Waals surface area (Å²) >= 11 is 6.00. The Balaban J connectivity index is 2.12. The summed E-state index contributed by atoms with van der Waals surface area (Å²) in [5.41, 5.74) is 6.83. The van der Waals surface area contributed by atoms with E-state index in [1.165, 1.54) is 0 Å². The Morgan fingerprint density at radius 3 is 2.55 bits per heavy atom. The summed E-state index contributed by atoms with van der Waals surface area (Å²) in [4.78, 5) is 2.17. The van der Waals surface area contributed by atoms with Gasteiger partial charge in [0.15, 0.2) is 0 Å². The average molecular weight is 317 g/mol. The van der Waals surface area contributed by atoms with E-state index in [4.69, 9.17) is 17.3 Å². The molecule has 112 valence electrons. The fourth-order valence-electron chi connectivity index (χ4n) is 2.74. The van der Waals surface area contributed by atoms with Crippen LogP contribution >= 0.6 is 11.6 Å². The smallest absolute Gasteiger partial charge is 0.150 e. The summed E-state index contributed by atoms with van der Waals surface area (Å²) in [6, 6.07) is 7.72. The number of sulfone groups is 1. The molecule has 1 aromatic carbocycles. The molecule has 0 unspecified atom stereocenters. The van der Waals surface area contributed by atoms with E-state index in [0.717, 1.165) is 12.1 Å². The molecule has 1 saturated heterocycles. The first-order valence-corrected chi connectivity index (χ1v) is 8.93. The highest BCUT2D eigenvalue weighted by molar-refractivity contribution is 7.91. The Bertz CT molecular complexity index is 560. The van der Waals surface area contributed by atoms with Crippen molar-refractivity contribution in [3.05, 3.63) is 34.9 Å². The van der Waals surface area contributed by atoms with Crippen molar-refractivity contribution in [2.24, 2.45) is 5.73 Å². The van der Waals surface area contributed by atoms with Gasteiger partial charge in [-0.2, -0.15) is 0 Å². The molecule has 4 nitrogen and oxygen atoms in total. The number of likely N-dealkylation sites (N-methyl/N-ethyl adjacent to an activating group) is 1. The van der Waals surface area contributed by atoms with Gasteiger partial charge in [0.25, 0.3) is 0 Å². The Kier molecular flexibility index (Phi) is 4.74. The van der Waals surface area contributed by atoms with Crippen LogP contribution in [0.1, 0.15) is 18.4 Å². The second-order valence-corrected chi connectivity index (χ2v) is 8.31.